The summed E-state index contributed by atoms with van der Waals surface area (Å²) in [5, 5.41) is 8.80. The van der Waals surface area contributed by atoms with Crippen molar-refractivity contribution in [2.75, 3.05) is 0 Å². The lowest BCUT2D eigenvalue weighted by atomic mass is 9.86. The van der Waals surface area contributed by atoms with Gasteiger partial charge in [-0.1, -0.05) is 66.2 Å². The Labute approximate surface area is 95.0 Å². The molecule has 0 saturated heterocycles. The van der Waals surface area contributed by atoms with Crippen LogP contribution >= 0.6 is 0 Å². The highest BCUT2D eigenvalue weighted by Gasteiger charge is 2.24. The van der Waals surface area contributed by atoms with E-state index in [0.717, 1.165) is 12.8 Å². The van der Waals surface area contributed by atoms with Gasteiger partial charge >= 0.3 is 0 Å². The molecule has 0 heterocycles. The second-order valence-electron chi connectivity index (χ2n) is 5.52. The van der Waals surface area contributed by atoms with Crippen molar-refractivity contribution in [3.8, 4) is 0 Å². The summed E-state index contributed by atoms with van der Waals surface area (Å²) < 4.78 is 0. The normalized spacial score (nSPS) is 14.2. The van der Waals surface area contributed by atoms with Crippen molar-refractivity contribution < 1.29 is 10.1 Å². The third-order valence-electron chi connectivity index (χ3n) is 2.91. The molecule has 2 heteroatoms. The Kier molecular flexibility index (Phi) is 8.07. The van der Waals surface area contributed by atoms with Gasteiger partial charge in [0.1, 0.15) is 0 Å². The average Bonchev–Trinajstić information content (AvgIpc) is 2.15. The first-order valence-electron chi connectivity index (χ1n) is 6.32. The Morgan fingerprint density at radius 3 is 2.00 bits per heavy atom. The third-order valence-corrected chi connectivity index (χ3v) is 2.91. The molecular weight excluding hydrogens is 188 g/mol. The molecule has 0 aromatic rings. The maximum Gasteiger partial charge on any atom is 0.0975 e. The van der Waals surface area contributed by atoms with Crippen LogP contribution in [0.5, 0.6) is 0 Å². The van der Waals surface area contributed by atoms with Crippen molar-refractivity contribution in [2.24, 2.45) is 5.41 Å². The van der Waals surface area contributed by atoms with Crippen LogP contribution in [0.25, 0.3) is 0 Å². The topological polar surface area (TPSA) is 29.5 Å². The van der Waals surface area contributed by atoms with E-state index in [1.165, 1.54) is 32.1 Å². The molecule has 0 aliphatic heterocycles. The number of hydrogen-bond acceptors (Lipinski definition) is 2. The molecule has 0 radical (unpaired) electrons. The van der Waals surface area contributed by atoms with Crippen LogP contribution in [-0.2, 0) is 4.89 Å². The second-order valence-corrected chi connectivity index (χ2v) is 5.52. The van der Waals surface area contributed by atoms with Crippen LogP contribution in [0.3, 0.4) is 0 Å². The number of unbranched alkanes of at least 4 members (excludes halogenated alkanes) is 5. The first-order chi connectivity index (χ1) is 7.02. The lowest BCUT2D eigenvalue weighted by molar-refractivity contribution is -0.300. The van der Waals surface area contributed by atoms with Gasteiger partial charge in [-0.25, -0.2) is 4.89 Å². The first kappa shape index (κ1) is 14.9. The van der Waals surface area contributed by atoms with E-state index in [1.807, 2.05) is 0 Å². The van der Waals surface area contributed by atoms with E-state index < -0.39 is 0 Å². The van der Waals surface area contributed by atoms with Crippen molar-refractivity contribution in [1.29, 1.82) is 0 Å². The van der Waals surface area contributed by atoms with Crippen molar-refractivity contribution in [1.82, 2.24) is 0 Å². The van der Waals surface area contributed by atoms with Gasteiger partial charge in [0.05, 0.1) is 6.10 Å². The Morgan fingerprint density at radius 2 is 1.53 bits per heavy atom. The number of rotatable bonds is 8. The molecule has 0 aromatic heterocycles. The van der Waals surface area contributed by atoms with Crippen molar-refractivity contribution in [3.63, 3.8) is 0 Å². The summed E-state index contributed by atoms with van der Waals surface area (Å²) >= 11 is 0. The van der Waals surface area contributed by atoms with Gasteiger partial charge in [0.2, 0.25) is 0 Å². The minimum absolute atomic E-state index is 0.0244. The zero-order chi connectivity index (χ0) is 11.7. The van der Waals surface area contributed by atoms with Gasteiger partial charge in [-0.05, 0) is 11.8 Å². The summed E-state index contributed by atoms with van der Waals surface area (Å²) in [4.78, 5) is 4.54. The largest absolute Gasteiger partial charge is 0.252 e. The molecule has 92 valence electrons. The molecule has 1 unspecified atom stereocenters. The van der Waals surface area contributed by atoms with Crippen LogP contribution < -0.4 is 0 Å². The zero-order valence-electron chi connectivity index (χ0n) is 10.9. The van der Waals surface area contributed by atoms with Crippen LogP contribution in [0, 0.1) is 5.41 Å². The highest BCUT2D eigenvalue weighted by atomic mass is 17.1. The zero-order valence-corrected chi connectivity index (χ0v) is 10.9. The lowest BCUT2D eigenvalue weighted by Crippen LogP contribution is -2.28. The van der Waals surface area contributed by atoms with Gasteiger partial charge in [0, 0.05) is 0 Å². The minimum Gasteiger partial charge on any atom is -0.252 e. The molecule has 0 fully saturated rings. The molecule has 0 bridgehead atoms. The van der Waals surface area contributed by atoms with Crippen LogP contribution in [0.15, 0.2) is 0 Å². The van der Waals surface area contributed by atoms with E-state index in [9.17, 15) is 0 Å². The van der Waals surface area contributed by atoms with Crippen LogP contribution in [0.4, 0.5) is 0 Å². The second kappa shape index (κ2) is 8.12. The fourth-order valence-corrected chi connectivity index (χ4v) is 1.75. The summed E-state index contributed by atoms with van der Waals surface area (Å²) in [5.41, 5.74) is 0.0398. The van der Waals surface area contributed by atoms with E-state index in [0.29, 0.717) is 0 Å². The summed E-state index contributed by atoms with van der Waals surface area (Å²) in [7, 11) is 0. The molecule has 0 amide bonds. The SMILES string of the molecule is CCCCCCCCC(OO)C(C)(C)C. The summed E-state index contributed by atoms with van der Waals surface area (Å²) in [6.07, 6.45) is 8.66. The molecule has 0 spiro atoms. The standard InChI is InChI=1S/C13H28O2/c1-5-6-7-8-9-10-11-12(15-14)13(2,3)4/h12,14H,5-11H2,1-4H3. The van der Waals surface area contributed by atoms with Crippen molar-refractivity contribution >= 4 is 0 Å². The number of hydrogen-bond donors (Lipinski definition) is 1. The molecular formula is C13H28O2. The van der Waals surface area contributed by atoms with E-state index in [4.69, 9.17) is 5.26 Å². The molecule has 2 nitrogen and oxygen atoms in total. The van der Waals surface area contributed by atoms with E-state index in [-0.39, 0.29) is 11.5 Å². The Morgan fingerprint density at radius 1 is 1.00 bits per heavy atom. The van der Waals surface area contributed by atoms with Gasteiger partial charge in [-0.2, -0.15) is 0 Å². The third kappa shape index (κ3) is 7.80. The minimum atomic E-state index is -0.0244. The molecule has 1 N–H and O–H groups in total. The fourth-order valence-electron chi connectivity index (χ4n) is 1.75. The Balaban J connectivity index is 3.48. The highest BCUT2D eigenvalue weighted by Crippen LogP contribution is 2.26. The smallest absolute Gasteiger partial charge is 0.0975 e. The maximum atomic E-state index is 8.80. The lowest BCUT2D eigenvalue weighted by Gasteiger charge is -2.27. The van der Waals surface area contributed by atoms with Gasteiger partial charge in [0.15, 0.2) is 0 Å². The maximum absolute atomic E-state index is 8.80. The van der Waals surface area contributed by atoms with Gasteiger partial charge < -0.3 is 0 Å². The predicted molar refractivity (Wildman–Crippen MR) is 64.9 cm³/mol. The Bertz CT molecular complexity index is 138. The summed E-state index contributed by atoms with van der Waals surface area (Å²) in [5.74, 6) is 0. The molecule has 0 aliphatic rings. The molecule has 0 saturated carbocycles. The first-order valence-corrected chi connectivity index (χ1v) is 6.32. The predicted octanol–water partition coefficient (Wildman–Crippen LogP) is 4.64. The van der Waals surface area contributed by atoms with Crippen LogP contribution in [-0.4, -0.2) is 11.4 Å². The van der Waals surface area contributed by atoms with E-state index in [1.54, 1.807) is 0 Å². The van der Waals surface area contributed by atoms with Crippen molar-refractivity contribution in [3.05, 3.63) is 0 Å². The van der Waals surface area contributed by atoms with Gasteiger partial charge in [0.25, 0.3) is 0 Å². The quantitative estimate of drug-likeness (QED) is 0.364. The molecule has 0 aromatic carbocycles. The highest BCUT2D eigenvalue weighted by molar-refractivity contribution is 4.73. The summed E-state index contributed by atoms with van der Waals surface area (Å²) in [6.45, 7) is 8.54. The monoisotopic (exact) mass is 216 g/mol. The molecule has 0 rings (SSSR count). The van der Waals surface area contributed by atoms with Gasteiger partial charge in [-0.3, -0.25) is 5.26 Å². The van der Waals surface area contributed by atoms with Crippen LogP contribution in [0.1, 0.15) is 72.6 Å². The van der Waals surface area contributed by atoms with E-state index >= 15 is 0 Å². The van der Waals surface area contributed by atoms with Gasteiger partial charge in [-0.15, -0.1) is 0 Å². The van der Waals surface area contributed by atoms with Crippen LogP contribution in [0.2, 0.25) is 0 Å². The Hall–Kier alpha value is -0.0800. The average molecular weight is 216 g/mol. The van der Waals surface area contributed by atoms with E-state index in [2.05, 4.69) is 32.6 Å². The fraction of sp³-hybridized carbons (Fsp3) is 1.00. The molecule has 0 aliphatic carbocycles. The molecule has 1 atom stereocenters. The van der Waals surface area contributed by atoms with Crippen molar-refractivity contribution in [2.45, 2.75) is 78.7 Å². The molecule has 15 heavy (non-hydrogen) atoms. The summed E-state index contributed by atoms with van der Waals surface area (Å²) in [6, 6.07) is 0.